The van der Waals surface area contributed by atoms with E-state index in [1.807, 2.05) is 31.2 Å². The molecule has 1 amide bonds. The van der Waals surface area contributed by atoms with E-state index in [2.05, 4.69) is 5.32 Å². The van der Waals surface area contributed by atoms with E-state index in [4.69, 9.17) is 9.84 Å². The molecule has 0 aliphatic rings. The van der Waals surface area contributed by atoms with Crippen LogP contribution >= 0.6 is 0 Å². The molecule has 0 aliphatic carbocycles. The zero-order valence-corrected chi connectivity index (χ0v) is 15.0. The van der Waals surface area contributed by atoms with Crippen molar-refractivity contribution in [3.63, 3.8) is 0 Å². The van der Waals surface area contributed by atoms with Gasteiger partial charge in [-0.05, 0) is 36.1 Å². The van der Waals surface area contributed by atoms with Crippen LogP contribution in [0.3, 0.4) is 0 Å². The first-order valence-corrected chi connectivity index (χ1v) is 8.26. The zero-order chi connectivity index (χ0) is 20.0. The first kappa shape index (κ1) is 19.9. The molecule has 0 aliphatic heterocycles. The molecule has 142 valence electrons. The minimum Gasteiger partial charge on any atom is -0.497 e. The molecule has 1 unspecified atom stereocenters. The summed E-state index contributed by atoms with van der Waals surface area (Å²) in [6.07, 6.45) is 0.652. The Balaban J connectivity index is 2.00. The topological polar surface area (TPSA) is 119 Å². The van der Waals surface area contributed by atoms with Crippen LogP contribution in [0.25, 0.3) is 0 Å². The van der Waals surface area contributed by atoms with Crippen molar-refractivity contribution in [2.45, 2.75) is 19.3 Å². The van der Waals surface area contributed by atoms with Crippen molar-refractivity contribution in [3.8, 4) is 5.75 Å². The predicted octanol–water partition coefficient (Wildman–Crippen LogP) is 3.23. The number of nitrogens with one attached hydrogen (secondary N) is 1. The minimum absolute atomic E-state index is 0.0568. The Morgan fingerprint density at radius 2 is 1.81 bits per heavy atom. The molecular formula is C19H20N2O6. The molecule has 8 heteroatoms. The molecule has 2 rings (SSSR count). The van der Waals surface area contributed by atoms with E-state index in [9.17, 15) is 19.7 Å². The van der Waals surface area contributed by atoms with Gasteiger partial charge in [-0.15, -0.1) is 0 Å². The summed E-state index contributed by atoms with van der Waals surface area (Å²) in [5.41, 5.74) is 0.292. The number of hydrogen-bond donors (Lipinski definition) is 2. The molecule has 8 nitrogen and oxygen atoms in total. The van der Waals surface area contributed by atoms with Crippen molar-refractivity contribution >= 4 is 17.6 Å². The number of nitro benzene ring substituents is 1. The predicted molar refractivity (Wildman–Crippen MR) is 98.4 cm³/mol. The fourth-order valence-corrected chi connectivity index (χ4v) is 2.57. The summed E-state index contributed by atoms with van der Waals surface area (Å²) >= 11 is 0. The lowest BCUT2D eigenvalue weighted by Gasteiger charge is -2.13. The summed E-state index contributed by atoms with van der Waals surface area (Å²) in [5.74, 6) is -0.945. The number of methoxy groups -OCH3 is 1. The van der Waals surface area contributed by atoms with E-state index in [0.717, 1.165) is 29.5 Å². The molecule has 0 spiro atoms. The maximum Gasteiger partial charge on any atom is 0.335 e. The van der Waals surface area contributed by atoms with Crippen molar-refractivity contribution in [3.05, 3.63) is 69.3 Å². The molecule has 0 aromatic heterocycles. The van der Waals surface area contributed by atoms with Gasteiger partial charge < -0.3 is 15.2 Å². The van der Waals surface area contributed by atoms with Gasteiger partial charge in [0.2, 0.25) is 0 Å². The summed E-state index contributed by atoms with van der Waals surface area (Å²) in [4.78, 5) is 33.5. The highest BCUT2D eigenvalue weighted by molar-refractivity contribution is 5.98. The van der Waals surface area contributed by atoms with Crippen LogP contribution in [0, 0.1) is 10.1 Å². The van der Waals surface area contributed by atoms with Gasteiger partial charge in [0.1, 0.15) is 5.75 Å². The molecule has 0 fully saturated rings. The number of carbonyl (C=O) groups is 2. The second-order valence-corrected chi connectivity index (χ2v) is 6.05. The molecule has 0 radical (unpaired) electrons. The molecule has 0 bridgehead atoms. The second kappa shape index (κ2) is 8.79. The number of nitrogens with zero attached hydrogens (tertiary/aromatic N) is 1. The number of hydrogen-bond acceptors (Lipinski definition) is 5. The van der Waals surface area contributed by atoms with Crippen molar-refractivity contribution < 1.29 is 24.4 Å². The summed E-state index contributed by atoms with van der Waals surface area (Å²) in [7, 11) is 1.59. The summed E-state index contributed by atoms with van der Waals surface area (Å²) < 4.78 is 5.12. The van der Waals surface area contributed by atoms with Crippen LogP contribution in [-0.2, 0) is 0 Å². The maximum absolute atomic E-state index is 12.3. The minimum atomic E-state index is -1.33. The SMILES string of the molecule is COc1ccc(C(C)CCNC(=O)c2cc(C(=O)O)cc([N+](=O)[O-])c2)cc1. The molecule has 0 saturated carbocycles. The largest absolute Gasteiger partial charge is 0.497 e. The van der Waals surface area contributed by atoms with Gasteiger partial charge in [0.05, 0.1) is 17.6 Å². The average Bonchev–Trinajstić information content (AvgIpc) is 2.67. The quantitative estimate of drug-likeness (QED) is 0.542. The Morgan fingerprint density at radius 3 is 2.37 bits per heavy atom. The van der Waals surface area contributed by atoms with Crippen LogP contribution in [0.4, 0.5) is 5.69 Å². The fraction of sp³-hybridized carbons (Fsp3) is 0.263. The van der Waals surface area contributed by atoms with Gasteiger partial charge in [0, 0.05) is 24.2 Å². The van der Waals surface area contributed by atoms with Gasteiger partial charge in [0.15, 0.2) is 0 Å². The number of amides is 1. The first-order chi connectivity index (χ1) is 12.8. The molecule has 1 atom stereocenters. The van der Waals surface area contributed by atoms with Crippen LogP contribution < -0.4 is 10.1 Å². The van der Waals surface area contributed by atoms with E-state index in [-0.39, 0.29) is 17.0 Å². The average molecular weight is 372 g/mol. The summed E-state index contributed by atoms with van der Waals surface area (Å²) in [6.45, 7) is 2.36. The van der Waals surface area contributed by atoms with Gasteiger partial charge >= 0.3 is 5.97 Å². The Hall–Kier alpha value is -3.42. The third-order valence-electron chi connectivity index (χ3n) is 4.19. The highest BCUT2D eigenvalue weighted by atomic mass is 16.6. The molecule has 2 N–H and O–H groups in total. The molecule has 27 heavy (non-hydrogen) atoms. The van der Waals surface area contributed by atoms with Crippen LogP contribution in [0.15, 0.2) is 42.5 Å². The Kier molecular flexibility index (Phi) is 6.48. The highest BCUT2D eigenvalue weighted by Gasteiger charge is 2.17. The normalized spacial score (nSPS) is 11.5. The van der Waals surface area contributed by atoms with E-state index in [0.29, 0.717) is 13.0 Å². The maximum atomic E-state index is 12.3. The van der Waals surface area contributed by atoms with E-state index < -0.39 is 22.5 Å². The molecule has 2 aromatic carbocycles. The van der Waals surface area contributed by atoms with E-state index >= 15 is 0 Å². The summed E-state index contributed by atoms with van der Waals surface area (Å²) in [6, 6.07) is 10.7. The number of ether oxygens (including phenoxy) is 1. The number of non-ortho nitro benzene ring substituents is 1. The Labute approximate surface area is 155 Å². The smallest absolute Gasteiger partial charge is 0.335 e. The van der Waals surface area contributed by atoms with Gasteiger partial charge in [0.25, 0.3) is 11.6 Å². The lowest BCUT2D eigenvalue weighted by Crippen LogP contribution is -2.25. The number of carbonyl (C=O) groups excluding carboxylic acids is 1. The standard InChI is InChI=1S/C19H20N2O6/c1-12(13-3-5-17(27-2)6-4-13)7-8-20-18(22)14-9-15(19(23)24)11-16(10-14)21(25)26/h3-6,9-12H,7-8H2,1-2H3,(H,20,22)(H,23,24). The zero-order valence-electron chi connectivity index (χ0n) is 15.0. The molecule has 0 heterocycles. The van der Waals surface area contributed by atoms with Crippen LogP contribution in [0.1, 0.15) is 45.5 Å². The number of aromatic carboxylic acids is 1. The third-order valence-corrected chi connectivity index (χ3v) is 4.19. The van der Waals surface area contributed by atoms with Crippen LogP contribution in [0.2, 0.25) is 0 Å². The number of benzene rings is 2. The number of carboxylic acid groups (broad SMARTS) is 1. The van der Waals surface area contributed by atoms with E-state index in [1.165, 1.54) is 0 Å². The van der Waals surface area contributed by atoms with Crippen molar-refractivity contribution in [2.24, 2.45) is 0 Å². The van der Waals surface area contributed by atoms with Gasteiger partial charge in [-0.2, -0.15) is 0 Å². The third kappa shape index (κ3) is 5.27. The second-order valence-electron chi connectivity index (χ2n) is 6.05. The van der Waals surface area contributed by atoms with Crippen molar-refractivity contribution in [2.75, 3.05) is 13.7 Å². The number of nitro groups is 1. The monoisotopic (exact) mass is 372 g/mol. The highest BCUT2D eigenvalue weighted by Crippen LogP contribution is 2.22. The van der Waals surface area contributed by atoms with Crippen LogP contribution in [-0.4, -0.2) is 35.6 Å². The molecular weight excluding hydrogens is 352 g/mol. The molecule has 0 saturated heterocycles. The van der Waals surface area contributed by atoms with Crippen molar-refractivity contribution in [1.29, 1.82) is 0 Å². The van der Waals surface area contributed by atoms with Gasteiger partial charge in [-0.1, -0.05) is 19.1 Å². The Bertz CT molecular complexity index is 816. The van der Waals surface area contributed by atoms with Crippen LogP contribution in [0.5, 0.6) is 5.75 Å². The number of rotatable bonds is 8. The lowest BCUT2D eigenvalue weighted by molar-refractivity contribution is -0.384. The van der Waals surface area contributed by atoms with Gasteiger partial charge in [-0.3, -0.25) is 14.9 Å². The molecule has 2 aromatic rings. The first-order valence-electron chi connectivity index (χ1n) is 8.26. The summed E-state index contributed by atoms with van der Waals surface area (Å²) in [5, 5.41) is 22.7. The lowest BCUT2D eigenvalue weighted by atomic mass is 9.98. The number of carboxylic acids is 1. The van der Waals surface area contributed by atoms with Gasteiger partial charge in [-0.25, -0.2) is 4.79 Å². The van der Waals surface area contributed by atoms with E-state index in [1.54, 1.807) is 7.11 Å². The fourth-order valence-electron chi connectivity index (χ4n) is 2.57. The Morgan fingerprint density at radius 1 is 1.19 bits per heavy atom. The van der Waals surface area contributed by atoms with Crippen molar-refractivity contribution in [1.82, 2.24) is 5.32 Å².